The van der Waals surface area contributed by atoms with Crippen LogP contribution in [0.2, 0.25) is 0 Å². The van der Waals surface area contributed by atoms with E-state index in [9.17, 15) is 22.8 Å². The molecule has 2 rings (SSSR count). The molecule has 0 amide bonds. The van der Waals surface area contributed by atoms with Crippen molar-refractivity contribution in [1.29, 1.82) is 0 Å². The van der Waals surface area contributed by atoms with Gasteiger partial charge in [-0.3, -0.25) is 14.7 Å². The Morgan fingerprint density at radius 3 is 2.21 bits per heavy atom. The number of H-pyrrole nitrogens is 2. The molecule has 0 spiro atoms. The van der Waals surface area contributed by atoms with Crippen LogP contribution in [0, 0.1) is 17.5 Å². The highest BCUT2D eigenvalue weighted by Crippen LogP contribution is 2.15. The molecule has 1 heterocycles. The third-order valence-corrected chi connectivity index (χ3v) is 2.62. The Morgan fingerprint density at radius 1 is 0.842 bits per heavy atom. The van der Waals surface area contributed by atoms with Crippen LogP contribution in [0.15, 0.2) is 27.8 Å². The molecule has 0 radical (unpaired) electrons. The molecule has 2 N–H and O–H groups in total. The standard InChI is InChI=1S/C12H9F3N2O2/c13-8-5-10(15)9(14)3-6(8)1-2-7-4-11(18)12(19)17-16-7/h3-5H,1-2H2,(H,16,18)(H,17,19). The first kappa shape index (κ1) is 13.1. The second-order valence-corrected chi connectivity index (χ2v) is 3.97. The lowest BCUT2D eigenvalue weighted by atomic mass is 10.1. The van der Waals surface area contributed by atoms with Crippen LogP contribution in [-0.2, 0) is 12.8 Å². The van der Waals surface area contributed by atoms with E-state index < -0.39 is 28.4 Å². The molecule has 19 heavy (non-hydrogen) atoms. The minimum atomic E-state index is -1.25. The van der Waals surface area contributed by atoms with Crippen LogP contribution in [0.5, 0.6) is 0 Å². The topological polar surface area (TPSA) is 65.7 Å². The zero-order valence-corrected chi connectivity index (χ0v) is 9.60. The first-order valence-electron chi connectivity index (χ1n) is 5.41. The highest BCUT2D eigenvalue weighted by Gasteiger charge is 2.10. The number of aromatic nitrogens is 2. The summed E-state index contributed by atoms with van der Waals surface area (Å²) in [4.78, 5) is 21.9. The van der Waals surface area contributed by atoms with Crippen molar-refractivity contribution in [2.45, 2.75) is 12.8 Å². The van der Waals surface area contributed by atoms with Gasteiger partial charge in [0, 0.05) is 17.8 Å². The van der Waals surface area contributed by atoms with Gasteiger partial charge in [-0.2, -0.15) is 0 Å². The van der Waals surface area contributed by atoms with Crippen molar-refractivity contribution in [3.8, 4) is 0 Å². The van der Waals surface area contributed by atoms with Crippen molar-refractivity contribution >= 4 is 0 Å². The van der Waals surface area contributed by atoms with Gasteiger partial charge in [-0.15, -0.1) is 0 Å². The number of halogens is 3. The molecular weight excluding hydrogens is 261 g/mol. The first-order valence-corrected chi connectivity index (χ1v) is 5.41. The Labute approximate surface area is 104 Å². The minimum Gasteiger partial charge on any atom is -0.302 e. The fourth-order valence-electron chi connectivity index (χ4n) is 1.62. The van der Waals surface area contributed by atoms with Gasteiger partial charge in [0.1, 0.15) is 5.82 Å². The summed E-state index contributed by atoms with van der Waals surface area (Å²) in [5.41, 5.74) is -1.15. The molecule has 0 aliphatic carbocycles. The Morgan fingerprint density at radius 2 is 1.53 bits per heavy atom. The van der Waals surface area contributed by atoms with Gasteiger partial charge < -0.3 is 5.10 Å². The predicted octanol–water partition coefficient (Wildman–Crippen LogP) is 1.27. The molecule has 0 bridgehead atoms. The maximum atomic E-state index is 13.3. The zero-order valence-electron chi connectivity index (χ0n) is 9.60. The summed E-state index contributed by atoms with van der Waals surface area (Å²) < 4.78 is 39.0. The summed E-state index contributed by atoms with van der Waals surface area (Å²) in [6, 6.07) is 2.32. The van der Waals surface area contributed by atoms with Crippen molar-refractivity contribution in [2.75, 3.05) is 0 Å². The van der Waals surface area contributed by atoms with E-state index in [2.05, 4.69) is 10.2 Å². The molecule has 7 heteroatoms. The van der Waals surface area contributed by atoms with Crippen LogP contribution in [0.4, 0.5) is 13.2 Å². The molecule has 100 valence electrons. The van der Waals surface area contributed by atoms with E-state index in [1.54, 1.807) is 0 Å². The van der Waals surface area contributed by atoms with Crippen molar-refractivity contribution in [3.05, 3.63) is 67.5 Å². The van der Waals surface area contributed by atoms with Gasteiger partial charge in [0.15, 0.2) is 11.6 Å². The van der Waals surface area contributed by atoms with Crippen LogP contribution < -0.4 is 11.0 Å². The molecule has 2 aromatic rings. The number of aromatic amines is 2. The van der Waals surface area contributed by atoms with Gasteiger partial charge in [-0.05, 0) is 24.5 Å². The van der Waals surface area contributed by atoms with E-state index in [4.69, 9.17) is 0 Å². The van der Waals surface area contributed by atoms with Gasteiger partial charge in [0.25, 0.3) is 0 Å². The number of nitrogens with one attached hydrogen (secondary N) is 2. The highest BCUT2D eigenvalue weighted by molar-refractivity contribution is 5.21. The summed E-state index contributed by atoms with van der Waals surface area (Å²) in [6.45, 7) is 0. The number of hydrogen-bond acceptors (Lipinski definition) is 2. The maximum Gasteiger partial charge on any atom is 0.310 e. The van der Waals surface area contributed by atoms with Crippen molar-refractivity contribution in [3.63, 3.8) is 0 Å². The van der Waals surface area contributed by atoms with Crippen molar-refractivity contribution < 1.29 is 13.2 Å². The second-order valence-electron chi connectivity index (χ2n) is 3.97. The monoisotopic (exact) mass is 270 g/mol. The number of hydrogen-bond donors (Lipinski definition) is 2. The van der Waals surface area contributed by atoms with Crippen molar-refractivity contribution in [1.82, 2.24) is 10.2 Å². The first-order chi connectivity index (χ1) is 8.97. The average molecular weight is 270 g/mol. The largest absolute Gasteiger partial charge is 0.310 e. The predicted molar refractivity (Wildman–Crippen MR) is 61.4 cm³/mol. The van der Waals surface area contributed by atoms with Crippen LogP contribution >= 0.6 is 0 Å². The number of rotatable bonds is 3. The average Bonchev–Trinajstić information content (AvgIpc) is 2.36. The summed E-state index contributed by atoms with van der Waals surface area (Å²) in [5, 5.41) is 4.58. The molecular formula is C12H9F3N2O2. The molecule has 0 atom stereocenters. The van der Waals surface area contributed by atoms with E-state index in [-0.39, 0.29) is 18.4 Å². The fraction of sp³-hybridized carbons (Fsp3) is 0.167. The van der Waals surface area contributed by atoms with E-state index in [0.717, 1.165) is 12.1 Å². The van der Waals surface area contributed by atoms with E-state index >= 15 is 0 Å². The minimum absolute atomic E-state index is 0.00838. The zero-order chi connectivity index (χ0) is 14.0. The van der Waals surface area contributed by atoms with E-state index in [1.807, 2.05) is 0 Å². The molecule has 0 fully saturated rings. The molecule has 0 saturated heterocycles. The van der Waals surface area contributed by atoms with Gasteiger partial charge in [0.2, 0.25) is 5.43 Å². The summed E-state index contributed by atoms with van der Waals surface area (Å²) in [6.07, 6.45) is 0.235. The fourth-order valence-corrected chi connectivity index (χ4v) is 1.62. The van der Waals surface area contributed by atoms with Crippen LogP contribution in [0.25, 0.3) is 0 Å². The lowest BCUT2D eigenvalue weighted by molar-refractivity contribution is 0.489. The quantitative estimate of drug-likeness (QED) is 0.651. The van der Waals surface area contributed by atoms with Gasteiger partial charge in [0.05, 0.1) is 0 Å². The second kappa shape index (κ2) is 5.13. The third-order valence-electron chi connectivity index (χ3n) is 2.62. The highest BCUT2D eigenvalue weighted by atomic mass is 19.2. The van der Waals surface area contributed by atoms with E-state index in [0.29, 0.717) is 11.8 Å². The molecule has 1 aromatic carbocycles. The Bertz CT molecular complexity index is 722. The smallest absolute Gasteiger partial charge is 0.302 e. The summed E-state index contributed by atoms with van der Waals surface area (Å²) >= 11 is 0. The lowest BCUT2D eigenvalue weighted by Crippen LogP contribution is -2.27. The normalized spacial score (nSPS) is 10.7. The molecule has 0 saturated carbocycles. The molecule has 4 nitrogen and oxygen atoms in total. The van der Waals surface area contributed by atoms with Crippen LogP contribution in [0.3, 0.4) is 0 Å². The summed E-state index contributed by atoms with van der Waals surface area (Å²) in [7, 11) is 0. The molecule has 0 aliphatic rings. The van der Waals surface area contributed by atoms with Crippen molar-refractivity contribution in [2.24, 2.45) is 0 Å². The Balaban J connectivity index is 2.18. The molecule has 0 unspecified atom stereocenters. The summed E-state index contributed by atoms with van der Waals surface area (Å²) in [5.74, 6) is -3.24. The third kappa shape index (κ3) is 2.93. The SMILES string of the molecule is O=c1cc(CCc2cc(F)c(F)cc2F)[nH][nH]c1=O. The van der Waals surface area contributed by atoms with E-state index in [1.165, 1.54) is 0 Å². The van der Waals surface area contributed by atoms with Crippen LogP contribution in [0.1, 0.15) is 11.3 Å². The number of aryl methyl sites for hydroxylation is 2. The Hall–Kier alpha value is -2.31. The molecule has 1 aromatic heterocycles. The van der Waals surface area contributed by atoms with Crippen LogP contribution in [-0.4, -0.2) is 10.2 Å². The van der Waals surface area contributed by atoms with Gasteiger partial charge >= 0.3 is 5.56 Å². The van der Waals surface area contributed by atoms with Gasteiger partial charge in [-0.25, -0.2) is 13.2 Å². The Kier molecular flexibility index (Phi) is 3.55. The maximum absolute atomic E-state index is 13.3. The lowest BCUT2D eigenvalue weighted by Gasteiger charge is -2.04. The molecule has 0 aliphatic heterocycles. The number of benzene rings is 1. The van der Waals surface area contributed by atoms with Gasteiger partial charge in [-0.1, -0.05) is 0 Å².